The normalized spacial score (nSPS) is 18.3. The molecule has 10 heteroatoms. The lowest BCUT2D eigenvalue weighted by Gasteiger charge is -2.22. The maximum Gasteiger partial charge on any atom is 0.338 e. The SMILES string of the molecule is O=C(O)c1cc(N2CCCC2)c(C(=O)NS(=O)(=O)N2CCCC2)cc1F. The first-order chi connectivity index (χ1) is 12.3. The van der Waals surface area contributed by atoms with Gasteiger partial charge in [-0.2, -0.15) is 12.7 Å². The van der Waals surface area contributed by atoms with Crippen LogP contribution < -0.4 is 9.62 Å². The van der Waals surface area contributed by atoms with Crippen LogP contribution in [-0.2, 0) is 10.2 Å². The van der Waals surface area contributed by atoms with Crippen LogP contribution in [0.15, 0.2) is 12.1 Å². The molecule has 1 amide bonds. The molecule has 0 aromatic heterocycles. The summed E-state index contributed by atoms with van der Waals surface area (Å²) in [5.41, 5.74) is -0.501. The second-order valence-corrected chi connectivity index (χ2v) is 8.06. The molecule has 2 fully saturated rings. The van der Waals surface area contributed by atoms with Gasteiger partial charge in [0.15, 0.2) is 0 Å². The molecule has 0 saturated carbocycles. The average molecular weight is 385 g/mol. The van der Waals surface area contributed by atoms with Gasteiger partial charge in [-0.15, -0.1) is 0 Å². The molecule has 2 aliphatic heterocycles. The van der Waals surface area contributed by atoms with Crippen LogP contribution in [-0.4, -0.2) is 55.9 Å². The number of amides is 1. The van der Waals surface area contributed by atoms with E-state index in [1.807, 2.05) is 4.72 Å². The number of aromatic carboxylic acids is 1. The van der Waals surface area contributed by atoms with Crippen molar-refractivity contribution in [2.75, 3.05) is 31.1 Å². The first kappa shape index (κ1) is 18.6. The predicted molar refractivity (Wildman–Crippen MR) is 92.0 cm³/mol. The summed E-state index contributed by atoms with van der Waals surface area (Å²) in [4.78, 5) is 25.5. The lowest BCUT2D eigenvalue weighted by molar-refractivity contribution is 0.0691. The van der Waals surface area contributed by atoms with E-state index in [9.17, 15) is 22.4 Å². The number of carbonyl (C=O) groups excluding carboxylic acids is 1. The summed E-state index contributed by atoms with van der Waals surface area (Å²) in [6.07, 6.45) is 3.14. The minimum atomic E-state index is -4.01. The first-order valence-corrected chi connectivity index (χ1v) is 9.87. The van der Waals surface area contributed by atoms with Crippen LogP contribution in [0.5, 0.6) is 0 Å². The largest absolute Gasteiger partial charge is 0.478 e. The molecule has 0 bridgehead atoms. The lowest BCUT2D eigenvalue weighted by atomic mass is 10.1. The molecule has 3 rings (SSSR count). The second-order valence-electron chi connectivity index (χ2n) is 6.39. The van der Waals surface area contributed by atoms with E-state index in [2.05, 4.69) is 0 Å². The van der Waals surface area contributed by atoms with Crippen molar-refractivity contribution in [2.45, 2.75) is 25.7 Å². The highest BCUT2D eigenvalue weighted by atomic mass is 32.2. The van der Waals surface area contributed by atoms with E-state index < -0.39 is 33.5 Å². The third-order valence-electron chi connectivity index (χ3n) is 4.63. The highest BCUT2D eigenvalue weighted by Crippen LogP contribution is 2.28. The van der Waals surface area contributed by atoms with Crippen molar-refractivity contribution in [3.63, 3.8) is 0 Å². The molecule has 2 saturated heterocycles. The van der Waals surface area contributed by atoms with E-state index in [1.165, 1.54) is 4.31 Å². The number of hydrogen-bond acceptors (Lipinski definition) is 5. The average Bonchev–Trinajstić information content (AvgIpc) is 3.27. The van der Waals surface area contributed by atoms with E-state index in [1.54, 1.807) is 4.90 Å². The second kappa shape index (κ2) is 7.20. The summed E-state index contributed by atoms with van der Waals surface area (Å²) < 4.78 is 41.9. The van der Waals surface area contributed by atoms with E-state index in [-0.39, 0.29) is 11.3 Å². The molecule has 2 aliphatic rings. The number of nitrogens with one attached hydrogen (secondary N) is 1. The monoisotopic (exact) mass is 385 g/mol. The van der Waals surface area contributed by atoms with Crippen LogP contribution in [0.2, 0.25) is 0 Å². The Balaban J connectivity index is 1.95. The zero-order valence-electron chi connectivity index (χ0n) is 14.1. The molecule has 2 N–H and O–H groups in total. The van der Waals surface area contributed by atoms with Crippen LogP contribution in [0.4, 0.5) is 10.1 Å². The summed E-state index contributed by atoms with van der Waals surface area (Å²) in [7, 11) is -4.01. The van der Waals surface area contributed by atoms with Gasteiger partial charge < -0.3 is 10.0 Å². The molecule has 0 atom stereocenters. The van der Waals surface area contributed by atoms with Crippen LogP contribution in [0.25, 0.3) is 0 Å². The molecule has 0 unspecified atom stereocenters. The number of anilines is 1. The third-order valence-corrected chi connectivity index (χ3v) is 6.12. The van der Waals surface area contributed by atoms with E-state index >= 15 is 0 Å². The Hall–Kier alpha value is -2.20. The number of hydrogen-bond donors (Lipinski definition) is 2. The predicted octanol–water partition coefficient (Wildman–Crippen LogP) is 1.19. The van der Waals surface area contributed by atoms with Crippen molar-refractivity contribution in [3.8, 4) is 0 Å². The van der Waals surface area contributed by atoms with Gasteiger partial charge in [0, 0.05) is 26.2 Å². The van der Waals surface area contributed by atoms with Crippen molar-refractivity contribution in [3.05, 3.63) is 29.1 Å². The van der Waals surface area contributed by atoms with E-state index in [4.69, 9.17) is 5.11 Å². The van der Waals surface area contributed by atoms with Gasteiger partial charge in [-0.05, 0) is 37.8 Å². The van der Waals surface area contributed by atoms with Gasteiger partial charge >= 0.3 is 16.2 Å². The van der Waals surface area contributed by atoms with E-state index in [0.717, 1.165) is 37.8 Å². The molecule has 142 valence electrons. The quantitative estimate of drug-likeness (QED) is 0.789. The smallest absolute Gasteiger partial charge is 0.338 e. The van der Waals surface area contributed by atoms with E-state index in [0.29, 0.717) is 26.2 Å². The molecule has 0 radical (unpaired) electrons. The van der Waals surface area contributed by atoms with Crippen LogP contribution >= 0.6 is 0 Å². The summed E-state index contributed by atoms with van der Waals surface area (Å²) in [5, 5.41) is 9.13. The summed E-state index contributed by atoms with van der Waals surface area (Å²) in [5.74, 6) is -3.49. The maximum absolute atomic E-state index is 14.1. The Morgan fingerprint density at radius 1 is 1.00 bits per heavy atom. The van der Waals surface area contributed by atoms with Gasteiger partial charge in [0.05, 0.1) is 16.8 Å². The number of carbonyl (C=O) groups is 2. The van der Waals surface area contributed by atoms with Gasteiger partial charge in [0.1, 0.15) is 5.82 Å². The van der Waals surface area contributed by atoms with Crippen molar-refractivity contribution in [1.29, 1.82) is 0 Å². The molecule has 1 aromatic rings. The molecule has 26 heavy (non-hydrogen) atoms. The highest BCUT2D eigenvalue weighted by Gasteiger charge is 2.30. The fraction of sp³-hybridized carbons (Fsp3) is 0.500. The molecule has 0 spiro atoms. The highest BCUT2D eigenvalue weighted by molar-refractivity contribution is 7.87. The number of carboxylic acid groups (broad SMARTS) is 1. The molecular formula is C16H20FN3O5S. The lowest BCUT2D eigenvalue weighted by Crippen LogP contribution is -2.42. The van der Waals surface area contributed by atoms with Crippen molar-refractivity contribution >= 4 is 27.8 Å². The summed E-state index contributed by atoms with van der Waals surface area (Å²) in [6.45, 7) is 1.83. The Morgan fingerprint density at radius 2 is 1.58 bits per heavy atom. The molecular weight excluding hydrogens is 365 g/mol. The van der Waals surface area contributed by atoms with Gasteiger partial charge in [-0.1, -0.05) is 0 Å². The zero-order chi connectivity index (χ0) is 18.9. The molecule has 8 nitrogen and oxygen atoms in total. The number of nitrogens with zero attached hydrogens (tertiary/aromatic N) is 2. The van der Waals surface area contributed by atoms with Gasteiger partial charge in [0.2, 0.25) is 0 Å². The Labute approximate surface area is 150 Å². The Morgan fingerprint density at radius 3 is 2.15 bits per heavy atom. The number of rotatable bonds is 5. The van der Waals surface area contributed by atoms with Crippen molar-refractivity contribution in [2.24, 2.45) is 0 Å². The maximum atomic E-state index is 14.1. The zero-order valence-corrected chi connectivity index (χ0v) is 14.9. The topological polar surface area (TPSA) is 107 Å². The summed E-state index contributed by atoms with van der Waals surface area (Å²) >= 11 is 0. The van der Waals surface area contributed by atoms with Crippen molar-refractivity contribution < 1.29 is 27.5 Å². The number of carboxylic acids is 1. The standard InChI is InChI=1S/C16H20FN3O5S/c17-13-9-12(15(21)18-26(24,25)20-7-3-4-8-20)14(10-11(13)16(22)23)19-5-1-2-6-19/h9-10H,1-8H2,(H,18,21)(H,22,23). The Kier molecular flexibility index (Phi) is 5.15. The Bertz CT molecular complexity index is 831. The van der Waals surface area contributed by atoms with Gasteiger partial charge in [-0.3, -0.25) is 4.79 Å². The fourth-order valence-corrected chi connectivity index (χ4v) is 4.50. The van der Waals surface area contributed by atoms with Crippen LogP contribution in [0.3, 0.4) is 0 Å². The minimum Gasteiger partial charge on any atom is -0.478 e. The van der Waals surface area contributed by atoms with Gasteiger partial charge in [-0.25, -0.2) is 13.9 Å². The summed E-state index contributed by atoms with van der Waals surface area (Å²) in [6, 6.07) is 1.90. The minimum absolute atomic E-state index is 0.183. The van der Waals surface area contributed by atoms with Crippen LogP contribution in [0.1, 0.15) is 46.4 Å². The van der Waals surface area contributed by atoms with Gasteiger partial charge in [0.25, 0.3) is 5.91 Å². The third kappa shape index (κ3) is 3.65. The molecule has 0 aliphatic carbocycles. The molecule has 2 heterocycles. The van der Waals surface area contributed by atoms with Crippen molar-refractivity contribution in [1.82, 2.24) is 9.03 Å². The number of halogens is 1. The van der Waals surface area contributed by atoms with Crippen LogP contribution in [0, 0.1) is 5.82 Å². The first-order valence-electron chi connectivity index (χ1n) is 8.43. The fourth-order valence-electron chi connectivity index (χ4n) is 3.29. The molecule has 1 aromatic carbocycles. The number of benzene rings is 1.